The molecular formula is C11H16F3N3O2. The number of hydrogen-bond donors (Lipinski definition) is 1. The first-order chi connectivity index (χ1) is 8.76. The van der Waals surface area contributed by atoms with Crippen LogP contribution in [0.2, 0.25) is 0 Å². The summed E-state index contributed by atoms with van der Waals surface area (Å²) < 4.78 is 36.8. The van der Waals surface area contributed by atoms with E-state index in [-0.39, 0.29) is 24.9 Å². The molecule has 0 aromatic carbocycles. The second kappa shape index (κ2) is 4.99. The number of hydrogen-bond acceptors (Lipinski definition) is 3. The van der Waals surface area contributed by atoms with Gasteiger partial charge in [0.1, 0.15) is 6.54 Å². The van der Waals surface area contributed by atoms with Gasteiger partial charge in [0.2, 0.25) is 11.8 Å². The molecule has 0 aromatic heterocycles. The second-order valence-electron chi connectivity index (χ2n) is 5.12. The molecule has 0 spiro atoms. The summed E-state index contributed by atoms with van der Waals surface area (Å²) in [6, 6.07) is -0.0765. The highest BCUT2D eigenvalue weighted by Crippen LogP contribution is 2.25. The normalized spacial score (nSPS) is 28.3. The largest absolute Gasteiger partial charge is 0.406 e. The summed E-state index contributed by atoms with van der Waals surface area (Å²) in [6.07, 6.45) is -3.87. The molecule has 2 heterocycles. The molecule has 2 saturated heterocycles. The Kier molecular flexibility index (Phi) is 3.71. The van der Waals surface area contributed by atoms with Crippen LogP contribution >= 0.6 is 0 Å². The Balaban J connectivity index is 1.93. The molecular weight excluding hydrogens is 263 g/mol. The van der Waals surface area contributed by atoms with Crippen LogP contribution in [0.15, 0.2) is 0 Å². The third-order valence-corrected chi connectivity index (χ3v) is 3.47. The monoisotopic (exact) mass is 279 g/mol. The van der Waals surface area contributed by atoms with Crippen molar-refractivity contribution in [3.05, 3.63) is 0 Å². The topological polar surface area (TPSA) is 66.6 Å². The Bertz CT molecular complexity index is 386. The van der Waals surface area contributed by atoms with Crippen molar-refractivity contribution in [2.75, 3.05) is 26.2 Å². The molecule has 1 unspecified atom stereocenters. The van der Waals surface area contributed by atoms with Crippen molar-refractivity contribution in [1.29, 1.82) is 0 Å². The maximum atomic E-state index is 12.3. The Morgan fingerprint density at radius 3 is 2.58 bits per heavy atom. The molecule has 0 saturated carbocycles. The summed E-state index contributed by atoms with van der Waals surface area (Å²) in [5, 5.41) is 0. The molecule has 0 bridgehead atoms. The Labute approximate surface area is 108 Å². The van der Waals surface area contributed by atoms with Gasteiger partial charge in [-0.3, -0.25) is 9.59 Å². The predicted octanol–water partition coefficient (Wildman–Crippen LogP) is -0.0432. The van der Waals surface area contributed by atoms with Crippen molar-refractivity contribution >= 4 is 11.8 Å². The maximum absolute atomic E-state index is 12.3. The van der Waals surface area contributed by atoms with Gasteiger partial charge in [-0.1, -0.05) is 0 Å². The lowest BCUT2D eigenvalue weighted by molar-refractivity contribution is -0.157. The van der Waals surface area contributed by atoms with Crippen LogP contribution in [-0.4, -0.2) is 60.0 Å². The highest BCUT2D eigenvalue weighted by atomic mass is 19.4. The van der Waals surface area contributed by atoms with Gasteiger partial charge in [0.05, 0.1) is 5.92 Å². The van der Waals surface area contributed by atoms with Gasteiger partial charge < -0.3 is 15.5 Å². The van der Waals surface area contributed by atoms with Gasteiger partial charge in [0.25, 0.3) is 0 Å². The van der Waals surface area contributed by atoms with E-state index in [1.807, 2.05) is 0 Å². The van der Waals surface area contributed by atoms with Crippen molar-refractivity contribution in [1.82, 2.24) is 9.80 Å². The van der Waals surface area contributed by atoms with E-state index in [1.54, 1.807) is 4.90 Å². The first kappa shape index (κ1) is 14.1. The molecule has 2 rings (SSSR count). The minimum absolute atomic E-state index is 0.0765. The van der Waals surface area contributed by atoms with Crippen molar-refractivity contribution < 1.29 is 22.8 Å². The third kappa shape index (κ3) is 3.37. The number of nitrogens with zero attached hydrogens (tertiary/aromatic N) is 2. The maximum Gasteiger partial charge on any atom is 0.406 e. The number of amides is 2. The molecule has 2 atom stereocenters. The zero-order valence-electron chi connectivity index (χ0n) is 10.3. The van der Waals surface area contributed by atoms with E-state index in [0.29, 0.717) is 24.4 Å². The fourth-order valence-electron chi connectivity index (χ4n) is 2.55. The summed E-state index contributed by atoms with van der Waals surface area (Å²) in [6.45, 7) is -0.495. The van der Waals surface area contributed by atoms with Gasteiger partial charge in [-0.2, -0.15) is 13.2 Å². The first-order valence-electron chi connectivity index (χ1n) is 6.15. The molecule has 5 nitrogen and oxygen atoms in total. The van der Waals surface area contributed by atoms with Crippen LogP contribution in [0.3, 0.4) is 0 Å². The quantitative estimate of drug-likeness (QED) is 0.771. The number of carbonyl (C=O) groups excluding carboxylic acids is 2. The van der Waals surface area contributed by atoms with Gasteiger partial charge in [-0.15, -0.1) is 0 Å². The van der Waals surface area contributed by atoms with Gasteiger partial charge in [-0.25, -0.2) is 0 Å². The number of carbonyl (C=O) groups is 2. The smallest absolute Gasteiger partial charge is 0.341 e. The van der Waals surface area contributed by atoms with Gasteiger partial charge in [0.15, 0.2) is 0 Å². The molecule has 2 fully saturated rings. The highest BCUT2D eigenvalue weighted by Gasteiger charge is 2.42. The number of halogens is 3. The second-order valence-corrected chi connectivity index (χ2v) is 5.12. The molecule has 19 heavy (non-hydrogen) atoms. The predicted molar refractivity (Wildman–Crippen MR) is 59.9 cm³/mol. The van der Waals surface area contributed by atoms with E-state index in [2.05, 4.69) is 0 Å². The lowest BCUT2D eigenvalue weighted by Gasteiger charge is -2.21. The average Bonchev–Trinajstić information content (AvgIpc) is 2.84. The Hall–Kier alpha value is -1.31. The zero-order chi connectivity index (χ0) is 14.2. The first-order valence-corrected chi connectivity index (χ1v) is 6.15. The lowest BCUT2D eigenvalue weighted by Crippen LogP contribution is -2.39. The number of nitrogens with two attached hydrogens (primary N) is 1. The highest BCUT2D eigenvalue weighted by molar-refractivity contribution is 5.89. The number of alkyl halides is 3. The fourth-order valence-corrected chi connectivity index (χ4v) is 2.55. The van der Waals surface area contributed by atoms with Crippen LogP contribution in [0.5, 0.6) is 0 Å². The van der Waals surface area contributed by atoms with Crippen LogP contribution in [0.4, 0.5) is 13.2 Å². The Morgan fingerprint density at radius 2 is 2.05 bits per heavy atom. The molecule has 2 amide bonds. The average molecular weight is 279 g/mol. The fraction of sp³-hybridized carbons (Fsp3) is 0.818. The van der Waals surface area contributed by atoms with Crippen molar-refractivity contribution in [3.8, 4) is 0 Å². The summed E-state index contributed by atoms with van der Waals surface area (Å²) >= 11 is 0. The van der Waals surface area contributed by atoms with Crippen LogP contribution in [0, 0.1) is 5.92 Å². The third-order valence-electron chi connectivity index (χ3n) is 3.47. The van der Waals surface area contributed by atoms with E-state index in [4.69, 9.17) is 5.73 Å². The molecule has 0 radical (unpaired) electrons. The molecule has 108 valence electrons. The SMILES string of the molecule is N[C@@H]1CCN(C(=O)C2CC(=O)N(CC(F)(F)F)C2)C1. The van der Waals surface area contributed by atoms with Crippen molar-refractivity contribution in [3.63, 3.8) is 0 Å². The molecule has 2 aliphatic heterocycles. The van der Waals surface area contributed by atoms with Gasteiger partial charge in [-0.05, 0) is 6.42 Å². The minimum Gasteiger partial charge on any atom is -0.341 e. The van der Waals surface area contributed by atoms with E-state index in [0.717, 1.165) is 0 Å². The van der Waals surface area contributed by atoms with E-state index in [1.165, 1.54) is 0 Å². The van der Waals surface area contributed by atoms with E-state index >= 15 is 0 Å². The van der Waals surface area contributed by atoms with Crippen LogP contribution < -0.4 is 5.73 Å². The van der Waals surface area contributed by atoms with Crippen LogP contribution in [0.25, 0.3) is 0 Å². The number of likely N-dealkylation sites (tertiary alicyclic amines) is 2. The molecule has 8 heteroatoms. The van der Waals surface area contributed by atoms with Gasteiger partial charge >= 0.3 is 6.18 Å². The minimum atomic E-state index is -4.43. The van der Waals surface area contributed by atoms with Crippen molar-refractivity contribution in [2.45, 2.75) is 25.1 Å². The molecule has 0 aliphatic carbocycles. The van der Waals surface area contributed by atoms with Crippen LogP contribution in [-0.2, 0) is 9.59 Å². The van der Waals surface area contributed by atoms with Gasteiger partial charge in [0, 0.05) is 32.1 Å². The van der Waals surface area contributed by atoms with Crippen molar-refractivity contribution in [2.24, 2.45) is 11.7 Å². The molecule has 0 aromatic rings. The summed E-state index contributed by atoms with van der Waals surface area (Å²) in [4.78, 5) is 25.8. The zero-order valence-corrected chi connectivity index (χ0v) is 10.3. The summed E-state index contributed by atoms with van der Waals surface area (Å²) in [7, 11) is 0. The standard InChI is InChI=1S/C11H16F3N3O2/c12-11(13,14)6-17-4-7(3-9(17)18)10(19)16-2-1-8(15)5-16/h7-8H,1-6,15H2/t7?,8-/m1/s1. The summed E-state index contributed by atoms with van der Waals surface area (Å²) in [5.41, 5.74) is 5.68. The summed E-state index contributed by atoms with van der Waals surface area (Å²) in [5.74, 6) is -1.54. The molecule has 2 N–H and O–H groups in total. The van der Waals surface area contributed by atoms with Crippen LogP contribution in [0.1, 0.15) is 12.8 Å². The molecule has 2 aliphatic rings. The van der Waals surface area contributed by atoms with E-state index in [9.17, 15) is 22.8 Å². The number of rotatable bonds is 2. The Morgan fingerprint density at radius 1 is 1.37 bits per heavy atom. The lowest BCUT2D eigenvalue weighted by atomic mass is 10.1. The van der Waals surface area contributed by atoms with E-state index < -0.39 is 24.5 Å².